The highest BCUT2D eigenvalue weighted by molar-refractivity contribution is 9.10. The van der Waals surface area contributed by atoms with E-state index in [2.05, 4.69) is 36.0 Å². The van der Waals surface area contributed by atoms with Gasteiger partial charge in [-0.15, -0.1) is 0 Å². The first-order chi connectivity index (χ1) is 8.70. The summed E-state index contributed by atoms with van der Waals surface area (Å²) in [6.07, 6.45) is 3.74. The Morgan fingerprint density at radius 3 is 3.11 bits per heavy atom. The molecule has 0 bridgehead atoms. The number of esters is 1. The maximum absolute atomic E-state index is 11.0. The number of pyridine rings is 2. The predicted molar refractivity (Wildman–Crippen MR) is 72.4 cm³/mol. The second-order valence-corrected chi connectivity index (χ2v) is 4.55. The maximum atomic E-state index is 11.0. The quantitative estimate of drug-likeness (QED) is 0.878. The second kappa shape index (κ2) is 5.77. The van der Waals surface area contributed by atoms with Crippen molar-refractivity contribution in [2.24, 2.45) is 0 Å². The number of rotatable bonds is 4. The third-order valence-corrected chi connectivity index (χ3v) is 2.85. The Balaban J connectivity index is 2.15. The van der Waals surface area contributed by atoms with Crippen LogP contribution in [0, 0.1) is 0 Å². The van der Waals surface area contributed by atoms with Crippen LogP contribution < -0.4 is 5.32 Å². The lowest BCUT2D eigenvalue weighted by Gasteiger charge is -2.08. The Labute approximate surface area is 113 Å². The average Bonchev–Trinajstić information content (AvgIpc) is 2.38. The fourth-order valence-corrected chi connectivity index (χ4v) is 1.87. The van der Waals surface area contributed by atoms with E-state index in [0.717, 1.165) is 21.2 Å². The first kappa shape index (κ1) is 12.8. The smallest absolute Gasteiger partial charge is 0.307 e. The molecule has 0 aliphatic rings. The summed E-state index contributed by atoms with van der Waals surface area (Å²) in [5.41, 5.74) is 2.44. The largest absolute Gasteiger partial charge is 0.469 e. The van der Waals surface area contributed by atoms with Gasteiger partial charge in [0.05, 0.1) is 24.7 Å². The van der Waals surface area contributed by atoms with Crippen molar-refractivity contribution in [3.8, 4) is 0 Å². The first-order valence-corrected chi connectivity index (χ1v) is 6.21. The Hall–Kier alpha value is -1.69. The molecule has 0 saturated heterocycles. The number of halogens is 1. The zero-order valence-electron chi connectivity index (χ0n) is 9.81. The fourth-order valence-electron chi connectivity index (χ4n) is 1.55. The molecule has 5 nitrogen and oxygen atoms in total. The van der Waals surface area contributed by atoms with Crippen molar-refractivity contribution >= 4 is 38.6 Å². The van der Waals surface area contributed by atoms with Crippen molar-refractivity contribution in [2.75, 3.05) is 19.0 Å². The molecule has 0 aromatic carbocycles. The van der Waals surface area contributed by atoms with E-state index >= 15 is 0 Å². The molecule has 18 heavy (non-hydrogen) atoms. The lowest BCUT2D eigenvalue weighted by atomic mass is 10.2. The van der Waals surface area contributed by atoms with Crippen molar-refractivity contribution in [1.82, 2.24) is 9.97 Å². The molecule has 2 aromatic heterocycles. The summed E-state index contributed by atoms with van der Waals surface area (Å²) in [6, 6.07) is 3.73. The SMILES string of the molecule is COC(=O)CCNc1ccnc2cc(Br)cnc12. The number of hydrogen-bond donors (Lipinski definition) is 1. The van der Waals surface area contributed by atoms with E-state index < -0.39 is 0 Å². The molecule has 2 aromatic rings. The van der Waals surface area contributed by atoms with Crippen LogP contribution in [0.15, 0.2) is 29.0 Å². The maximum Gasteiger partial charge on any atom is 0.307 e. The Bertz CT molecular complexity index is 574. The number of fused-ring (bicyclic) bond motifs is 1. The third-order valence-electron chi connectivity index (χ3n) is 2.42. The topological polar surface area (TPSA) is 64.1 Å². The Morgan fingerprint density at radius 2 is 2.33 bits per heavy atom. The Kier molecular flexibility index (Phi) is 4.09. The number of nitrogens with one attached hydrogen (secondary N) is 1. The van der Waals surface area contributed by atoms with E-state index in [1.807, 2.05) is 12.1 Å². The van der Waals surface area contributed by atoms with Crippen molar-refractivity contribution in [1.29, 1.82) is 0 Å². The molecule has 2 heterocycles. The van der Waals surface area contributed by atoms with Gasteiger partial charge in [-0.1, -0.05) is 0 Å². The van der Waals surface area contributed by atoms with Crippen LogP contribution in [0.1, 0.15) is 6.42 Å². The summed E-state index contributed by atoms with van der Waals surface area (Å²) in [4.78, 5) is 19.6. The van der Waals surface area contributed by atoms with Crippen LogP contribution in [0.4, 0.5) is 5.69 Å². The number of aromatic nitrogens is 2. The molecule has 0 amide bonds. The lowest BCUT2D eigenvalue weighted by Crippen LogP contribution is -2.10. The van der Waals surface area contributed by atoms with Gasteiger partial charge in [-0.25, -0.2) is 0 Å². The number of anilines is 1. The highest BCUT2D eigenvalue weighted by Gasteiger charge is 2.05. The van der Waals surface area contributed by atoms with Crippen molar-refractivity contribution in [3.63, 3.8) is 0 Å². The van der Waals surface area contributed by atoms with Crippen LogP contribution in [0.5, 0.6) is 0 Å². The van der Waals surface area contributed by atoms with Crippen LogP contribution in [0.3, 0.4) is 0 Å². The zero-order chi connectivity index (χ0) is 13.0. The van der Waals surface area contributed by atoms with E-state index in [-0.39, 0.29) is 5.97 Å². The number of carbonyl (C=O) groups excluding carboxylic acids is 1. The van der Waals surface area contributed by atoms with Crippen LogP contribution in [-0.2, 0) is 9.53 Å². The number of nitrogens with zero attached hydrogens (tertiary/aromatic N) is 2. The van der Waals surface area contributed by atoms with E-state index in [9.17, 15) is 4.79 Å². The van der Waals surface area contributed by atoms with Crippen LogP contribution >= 0.6 is 15.9 Å². The normalized spacial score (nSPS) is 10.3. The van der Waals surface area contributed by atoms with Gasteiger partial charge in [0.2, 0.25) is 0 Å². The molecule has 0 unspecified atom stereocenters. The van der Waals surface area contributed by atoms with Gasteiger partial charge in [-0.3, -0.25) is 14.8 Å². The minimum absolute atomic E-state index is 0.239. The molecule has 0 radical (unpaired) electrons. The highest BCUT2D eigenvalue weighted by atomic mass is 79.9. The first-order valence-electron chi connectivity index (χ1n) is 5.41. The average molecular weight is 310 g/mol. The molecule has 0 saturated carbocycles. The molecule has 0 fully saturated rings. The molecule has 0 aliphatic carbocycles. The highest BCUT2D eigenvalue weighted by Crippen LogP contribution is 2.21. The number of ether oxygens (including phenoxy) is 1. The second-order valence-electron chi connectivity index (χ2n) is 3.63. The van der Waals surface area contributed by atoms with Gasteiger partial charge in [0.1, 0.15) is 5.52 Å². The van der Waals surface area contributed by atoms with E-state index in [4.69, 9.17) is 0 Å². The molecule has 1 N–H and O–H groups in total. The summed E-state index contributed by atoms with van der Waals surface area (Å²) in [5.74, 6) is -0.239. The minimum Gasteiger partial charge on any atom is -0.469 e. The van der Waals surface area contributed by atoms with Crippen LogP contribution in [0.2, 0.25) is 0 Å². The van der Waals surface area contributed by atoms with Gasteiger partial charge in [0.15, 0.2) is 0 Å². The molecular formula is C12H12BrN3O2. The molecule has 2 rings (SSSR count). The summed E-state index contributed by atoms with van der Waals surface area (Å²) in [5, 5.41) is 3.15. The monoisotopic (exact) mass is 309 g/mol. The van der Waals surface area contributed by atoms with Gasteiger partial charge < -0.3 is 10.1 Å². The van der Waals surface area contributed by atoms with Gasteiger partial charge in [-0.05, 0) is 28.1 Å². The molecule has 0 atom stereocenters. The van der Waals surface area contributed by atoms with E-state index in [1.54, 1.807) is 12.4 Å². The predicted octanol–water partition coefficient (Wildman–Crippen LogP) is 2.37. The van der Waals surface area contributed by atoms with Gasteiger partial charge in [0.25, 0.3) is 0 Å². The van der Waals surface area contributed by atoms with Crippen molar-refractivity contribution in [3.05, 3.63) is 29.0 Å². The Morgan fingerprint density at radius 1 is 1.50 bits per heavy atom. The molecule has 0 spiro atoms. The van der Waals surface area contributed by atoms with Gasteiger partial charge >= 0.3 is 5.97 Å². The van der Waals surface area contributed by atoms with Crippen LogP contribution in [-0.4, -0.2) is 29.6 Å². The summed E-state index contributed by atoms with van der Waals surface area (Å²) >= 11 is 3.35. The van der Waals surface area contributed by atoms with E-state index in [0.29, 0.717) is 13.0 Å². The molecule has 6 heteroatoms. The van der Waals surface area contributed by atoms with Crippen molar-refractivity contribution in [2.45, 2.75) is 6.42 Å². The zero-order valence-corrected chi connectivity index (χ0v) is 11.4. The van der Waals surface area contributed by atoms with Gasteiger partial charge in [0, 0.05) is 23.4 Å². The number of carbonyl (C=O) groups is 1. The summed E-state index contributed by atoms with van der Waals surface area (Å²) in [7, 11) is 1.38. The number of methoxy groups -OCH3 is 1. The van der Waals surface area contributed by atoms with E-state index in [1.165, 1.54) is 7.11 Å². The summed E-state index contributed by atoms with van der Waals surface area (Å²) < 4.78 is 5.46. The number of hydrogen-bond acceptors (Lipinski definition) is 5. The van der Waals surface area contributed by atoms with Gasteiger partial charge in [-0.2, -0.15) is 0 Å². The lowest BCUT2D eigenvalue weighted by molar-refractivity contribution is -0.140. The third kappa shape index (κ3) is 2.95. The molecule has 94 valence electrons. The van der Waals surface area contributed by atoms with Crippen LogP contribution in [0.25, 0.3) is 11.0 Å². The standard InChI is InChI=1S/C12H12BrN3O2/c1-18-11(17)3-5-14-9-2-4-15-10-6-8(13)7-16-12(9)10/h2,4,6-7H,3,5H2,1H3,(H,14,15). The molecule has 0 aliphatic heterocycles. The minimum atomic E-state index is -0.239. The van der Waals surface area contributed by atoms with Crippen molar-refractivity contribution < 1.29 is 9.53 Å². The fraction of sp³-hybridized carbons (Fsp3) is 0.250. The summed E-state index contributed by atoms with van der Waals surface area (Å²) in [6.45, 7) is 0.504. The molecular weight excluding hydrogens is 298 g/mol.